The third-order valence-electron chi connectivity index (χ3n) is 5.35. The van der Waals surface area contributed by atoms with Gasteiger partial charge < -0.3 is 5.32 Å². The highest BCUT2D eigenvalue weighted by Crippen LogP contribution is 2.12. The van der Waals surface area contributed by atoms with Crippen molar-refractivity contribution in [1.82, 2.24) is 24.6 Å². The summed E-state index contributed by atoms with van der Waals surface area (Å²) in [6.45, 7) is 4.03. The molecule has 8 heteroatoms. The predicted molar refractivity (Wildman–Crippen MR) is 125 cm³/mol. The van der Waals surface area contributed by atoms with Crippen LogP contribution in [0, 0.1) is 13.8 Å². The van der Waals surface area contributed by atoms with E-state index >= 15 is 0 Å². The third-order valence-corrected chi connectivity index (χ3v) is 5.35. The maximum Gasteiger partial charge on any atom is 0.352 e. The van der Waals surface area contributed by atoms with Gasteiger partial charge in [0.25, 0.3) is 11.5 Å². The molecular formula is C25H23N5O3. The molecular weight excluding hydrogens is 418 g/mol. The van der Waals surface area contributed by atoms with Crippen molar-refractivity contribution in [3.8, 4) is 5.69 Å². The van der Waals surface area contributed by atoms with Gasteiger partial charge in [-0.15, -0.1) is 0 Å². The molecule has 2 heterocycles. The zero-order valence-corrected chi connectivity index (χ0v) is 18.4. The van der Waals surface area contributed by atoms with E-state index in [1.165, 1.54) is 0 Å². The number of hydrogen-bond acceptors (Lipinski definition) is 5. The molecule has 0 unspecified atom stereocenters. The summed E-state index contributed by atoms with van der Waals surface area (Å²) < 4.78 is 2.14. The van der Waals surface area contributed by atoms with Crippen molar-refractivity contribution < 1.29 is 4.79 Å². The van der Waals surface area contributed by atoms with E-state index in [0.717, 1.165) is 25.9 Å². The molecule has 1 amide bonds. The Morgan fingerprint density at radius 1 is 0.939 bits per heavy atom. The lowest BCUT2D eigenvalue weighted by atomic mass is 10.1. The number of amides is 1. The molecule has 0 aliphatic carbocycles. The van der Waals surface area contributed by atoms with Crippen LogP contribution in [0.3, 0.4) is 0 Å². The van der Waals surface area contributed by atoms with Crippen molar-refractivity contribution in [2.24, 2.45) is 0 Å². The molecule has 0 saturated heterocycles. The van der Waals surface area contributed by atoms with Gasteiger partial charge in [0.2, 0.25) is 5.69 Å². The zero-order chi connectivity index (χ0) is 23.4. The summed E-state index contributed by atoms with van der Waals surface area (Å²) in [5.41, 5.74) is 2.16. The SMILES string of the molecule is Cc1ccc(-n2nc(C(=O)NCc3ccccn3)c(=O)n(Cc3ccccc3)c2=O)cc1C. The molecule has 1 N–H and O–H groups in total. The lowest BCUT2D eigenvalue weighted by Gasteiger charge is -2.13. The summed E-state index contributed by atoms with van der Waals surface area (Å²) in [5.74, 6) is -0.676. The number of benzene rings is 2. The molecule has 0 atom stereocenters. The van der Waals surface area contributed by atoms with Crippen LogP contribution in [0.5, 0.6) is 0 Å². The van der Waals surface area contributed by atoms with E-state index < -0.39 is 17.2 Å². The van der Waals surface area contributed by atoms with Crippen molar-refractivity contribution in [2.45, 2.75) is 26.9 Å². The first-order chi connectivity index (χ1) is 15.9. The van der Waals surface area contributed by atoms with E-state index in [9.17, 15) is 14.4 Å². The van der Waals surface area contributed by atoms with E-state index in [-0.39, 0.29) is 18.8 Å². The standard InChI is InChI=1S/C25H23N5O3/c1-17-11-12-21(14-18(17)2)30-25(33)29(16-19-8-4-3-5-9-19)24(32)22(28-30)23(31)27-15-20-10-6-7-13-26-20/h3-14H,15-16H2,1-2H3,(H,27,31). The largest absolute Gasteiger partial charge is 0.352 e. The molecule has 0 saturated carbocycles. The first kappa shape index (κ1) is 21.9. The van der Waals surface area contributed by atoms with Crippen LogP contribution >= 0.6 is 0 Å². The number of aromatic nitrogens is 4. The summed E-state index contributed by atoms with van der Waals surface area (Å²) in [6, 6.07) is 19.9. The van der Waals surface area contributed by atoms with Crippen molar-refractivity contribution in [1.29, 1.82) is 0 Å². The number of pyridine rings is 1. The average molecular weight is 441 g/mol. The van der Waals surface area contributed by atoms with E-state index in [2.05, 4.69) is 15.4 Å². The quantitative estimate of drug-likeness (QED) is 0.495. The third kappa shape index (κ3) is 4.79. The molecule has 0 bridgehead atoms. The second-order valence-corrected chi connectivity index (χ2v) is 7.69. The van der Waals surface area contributed by atoms with Crippen LogP contribution in [-0.2, 0) is 13.1 Å². The normalized spacial score (nSPS) is 10.7. The topological polar surface area (TPSA) is 98.9 Å². The Labute approximate surface area is 190 Å². The van der Waals surface area contributed by atoms with Gasteiger partial charge in [-0.05, 0) is 54.8 Å². The molecule has 0 radical (unpaired) electrons. The summed E-state index contributed by atoms with van der Waals surface area (Å²) in [7, 11) is 0. The first-order valence-corrected chi connectivity index (χ1v) is 10.5. The maximum absolute atomic E-state index is 13.3. The van der Waals surface area contributed by atoms with Gasteiger partial charge in [0.1, 0.15) is 0 Å². The van der Waals surface area contributed by atoms with Crippen LogP contribution in [0.4, 0.5) is 0 Å². The number of nitrogens with one attached hydrogen (secondary N) is 1. The minimum atomic E-state index is -0.748. The highest BCUT2D eigenvalue weighted by Gasteiger charge is 2.20. The van der Waals surface area contributed by atoms with Crippen LogP contribution in [-0.4, -0.2) is 25.2 Å². The van der Waals surface area contributed by atoms with E-state index in [1.807, 2.05) is 50.2 Å². The van der Waals surface area contributed by atoms with E-state index in [4.69, 9.17) is 0 Å². The van der Waals surface area contributed by atoms with Gasteiger partial charge in [0.15, 0.2) is 0 Å². The lowest BCUT2D eigenvalue weighted by Crippen LogP contribution is -2.46. The van der Waals surface area contributed by atoms with Crippen LogP contribution < -0.4 is 16.6 Å². The smallest absolute Gasteiger partial charge is 0.345 e. The number of carbonyl (C=O) groups is 1. The Morgan fingerprint density at radius 3 is 2.39 bits per heavy atom. The summed E-state index contributed by atoms with van der Waals surface area (Å²) >= 11 is 0. The Morgan fingerprint density at radius 2 is 1.70 bits per heavy atom. The summed E-state index contributed by atoms with van der Waals surface area (Å²) in [6.07, 6.45) is 1.62. The Kier molecular flexibility index (Phi) is 6.26. The molecule has 0 aliphatic heterocycles. The molecule has 2 aromatic heterocycles. The van der Waals surface area contributed by atoms with Gasteiger partial charge in [0, 0.05) is 6.20 Å². The highest BCUT2D eigenvalue weighted by molar-refractivity contribution is 5.91. The second kappa shape index (κ2) is 9.44. The molecule has 0 fully saturated rings. The van der Waals surface area contributed by atoms with Crippen molar-refractivity contribution in [3.05, 3.63) is 122 Å². The molecule has 0 spiro atoms. The molecule has 4 rings (SSSR count). The number of aryl methyl sites for hydroxylation is 2. The van der Waals surface area contributed by atoms with Gasteiger partial charge in [-0.2, -0.15) is 9.78 Å². The second-order valence-electron chi connectivity index (χ2n) is 7.69. The fraction of sp³-hybridized carbons (Fsp3) is 0.160. The number of carbonyl (C=O) groups excluding carboxylic acids is 1. The van der Waals surface area contributed by atoms with Gasteiger partial charge in [0.05, 0.1) is 24.5 Å². The van der Waals surface area contributed by atoms with Crippen LogP contribution in [0.25, 0.3) is 5.69 Å². The fourth-order valence-electron chi connectivity index (χ4n) is 3.35. The monoisotopic (exact) mass is 441 g/mol. The maximum atomic E-state index is 13.3. The van der Waals surface area contributed by atoms with Crippen molar-refractivity contribution in [3.63, 3.8) is 0 Å². The molecule has 33 heavy (non-hydrogen) atoms. The molecule has 8 nitrogen and oxygen atoms in total. The Bertz CT molecular complexity index is 1410. The van der Waals surface area contributed by atoms with E-state index in [1.54, 1.807) is 36.5 Å². The van der Waals surface area contributed by atoms with Crippen LogP contribution in [0.1, 0.15) is 32.9 Å². The van der Waals surface area contributed by atoms with Gasteiger partial charge >= 0.3 is 5.69 Å². The molecule has 166 valence electrons. The number of nitrogens with zero attached hydrogens (tertiary/aromatic N) is 4. The van der Waals surface area contributed by atoms with Gasteiger partial charge in [-0.1, -0.05) is 42.5 Å². The van der Waals surface area contributed by atoms with E-state index in [0.29, 0.717) is 11.4 Å². The van der Waals surface area contributed by atoms with Crippen LogP contribution in [0.2, 0.25) is 0 Å². The summed E-state index contributed by atoms with van der Waals surface area (Å²) in [4.78, 5) is 43.5. The summed E-state index contributed by atoms with van der Waals surface area (Å²) in [5, 5.41) is 6.84. The highest BCUT2D eigenvalue weighted by atomic mass is 16.2. The van der Waals surface area contributed by atoms with Crippen LogP contribution in [0.15, 0.2) is 82.5 Å². The Hall–Kier alpha value is -4.33. The molecule has 2 aromatic carbocycles. The Balaban J connectivity index is 1.80. The minimum Gasteiger partial charge on any atom is -0.345 e. The molecule has 4 aromatic rings. The van der Waals surface area contributed by atoms with Gasteiger partial charge in [-0.3, -0.25) is 19.1 Å². The first-order valence-electron chi connectivity index (χ1n) is 10.5. The minimum absolute atomic E-state index is 0.0202. The zero-order valence-electron chi connectivity index (χ0n) is 18.4. The van der Waals surface area contributed by atoms with Gasteiger partial charge in [-0.25, -0.2) is 4.79 Å². The molecule has 0 aliphatic rings. The average Bonchev–Trinajstić information content (AvgIpc) is 2.83. The number of hydrogen-bond donors (Lipinski definition) is 1. The fourth-order valence-corrected chi connectivity index (χ4v) is 3.35. The number of rotatable bonds is 6. The van der Waals surface area contributed by atoms with Crippen molar-refractivity contribution >= 4 is 5.91 Å². The lowest BCUT2D eigenvalue weighted by molar-refractivity contribution is 0.0940. The predicted octanol–water partition coefficient (Wildman–Crippen LogP) is 2.38. The van der Waals surface area contributed by atoms with Crippen molar-refractivity contribution in [2.75, 3.05) is 0 Å².